The van der Waals surface area contributed by atoms with Gasteiger partial charge in [0.2, 0.25) is 5.88 Å². The Bertz CT molecular complexity index is 352. The predicted molar refractivity (Wildman–Crippen MR) is 50.1 cm³/mol. The Balaban J connectivity index is 1.95. The molecule has 1 aromatic rings. The van der Waals surface area contributed by atoms with Crippen LogP contribution in [0.25, 0.3) is 0 Å². The van der Waals surface area contributed by atoms with E-state index in [9.17, 15) is 0 Å². The smallest absolute Gasteiger partial charge is 0.213 e. The summed E-state index contributed by atoms with van der Waals surface area (Å²) in [7, 11) is 0. The van der Waals surface area contributed by atoms with Gasteiger partial charge in [-0.05, 0) is 6.07 Å². The number of hydrogen-bond donors (Lipinski definition) is 0. The average Bonchev–Trinajstić information content (AvgIpc) is 2.31. The first kappa shape index (κ1) is 9.90. The summed E-state index contributed by atoms with van der Waals surface area (Å²) < 4.78 is 15.6. The van der Waals surface area contributed by atoms with Crippen LogP contribution in [0.1, 0.15) is 5.56 Å². The van der Waals surface area contributed by atoms with Crippen molar-refractivity contribution in [2.45, 2.75) is 6.10 Å². The Morgan fingerprint density at radius 1 is 1.40 bits per heavy atom. The van der Waals surface area contributed by atoms with E-state index in [2.05, 4.69) is 4.98 Å². The quantitative estimate of drug-likeness (QED) is 0.712. The number of pyridine rings is 1. The fourth-order valence-corrected chi connectivity index (χ4v) is 1.22. The summed E-state index contributed by atoms with van der Waals surface area (Å²) >= 11 is 0. The van der Waals surface area contributed by atoms with Gasteiger partial charge in [0.15, 0.2) is 0 Å². The molecule has 1 aromatic heterocycles. The van der Waals surface area contributed by atoms with Gasteiger partial charge in [0, 0.05) is 12.3 Å². The van der Waals surface area contributed by atoms with Crippen LogP contribution < -0.4 is 4.74 Å². The van der Waals surface area contributed by atoms with Crippen molar-refractivity contribution in [3.05, 3.63) is 23.9 Å². The minimum Gasteiger partial charge on any atom is -0.469 e. The van der Waals surface area contributed by atoms with Crippen LogP contribution in [0.2, 0.25) is 0 Å². The highest BCUT2D eigenvalue weighted by Crippen LogP contribution is 2.11. The summed E-state index contributed by atoms with van der Waals surface area (Å²) in [5.74, 6) is 0.480. The van der Waals surface area contributed by atoms with E-state index >= 15 is 0 Å². The standard InChI is InChI=1S/C10H10N2O3/c11-3-8-1-2-10(12-4-8)15-9-5-13-7-14-6-9/h1-2,4,9H,5-7H2. The van der Waals surface area contributed by atoms with E-state index in [1.807, 2.05) is 6.07 Å². The van der Waals surface area contributed by atoms with Crippen LogP contribution >= 0.6 is 0 Å². The van der Waals surface area contributed by atoms with Crippen molar-refractivity contribution in [2.24, 2.45) is 0 Å². The summed E-state index contributed by atoms with van der Waals surface area (Å²) in [5.41, 5.74) is 0.512. The van der Waals surface area contributed by atoms with E-state index < -0.39 is 0 Å². The Morgan fingerprint density at radius 2 is 2.20 bits per heavy atom. The molecule has 5 heteroatoms. The lowest BCUT2D eigenvalue weighted by molar-refractivity contribution is -0.144. The zero-order valence-electron chi connectivity index (χ0n) is 8.05. The summed E-state index contributed by atoms with van der Waals surface area (Å²) in [6.07, 6.45) is 1.35. The molecular formula is C10H10N2O3. The van der Waals surface area contributed by atoms with Gasteiger partial charge in [-0.2, -0.15) is 5.26 Å². The molecule has 0 atom stereocenters. The zero-order valence-corrected chi connectivity index (χ0v) is 8.05. The number of rotatable bonds is 2. The van der Waals surface area contributed by atoms with E-state index in [4.69, 9.17) is 19.5 Å². The van der Waals surface area contributed by atoms with Gasteiger partial charge < -0.3 is 14.2 Å². The molecule has 2 rings (SSSR count). The molecule has 78 valence electrons. The summed E-state index contributed by atoms with van der Waals surface area (Å²) in [6.45, 7) is 1.32. The lowest BCUT2D eigenvalue weighted by Crippen LogP contribution is -2.34. The first-order valence-corrected chi connectivity index (χ1v) is 4.57. The van der Waals surface area contributed by atoms with Gasteiger partial charge in [-0.1, -0.05) is 0 Å². The number of nitrogens with zero attached hydrogens (tertiary/aromatic N) is 2. The molecule has 0 aromatic carbocycles. The maximum Gasteiger partial charge on any atom is 0.213 e. The molecule has 1 saturated heterocycles. The van der Waals surface area contributed by atoms with E-state index in [-0.39, 0.29) is 6.10 Å². The molecule has 0 bridgehead atoms. The maximum atomic E-state index is 8.58. The highest BCUT2D eigenvalue weighted by molar-refractivity contribution is 5.28. The normalized spacial score (nSPS) is 17.0. The van der Waals surface area contributed by atoms with Crippen LogP contribution in [0.3, 0.4) is 0 Å². The van der Waals surface area contributed by atoms with Crippen molar-refractivity contribution in [1.82, 2.24) is 4.98 Å². The average molecular weight is 206 g/mol. The maximum absolute atomic E-state index is 8.58. The third kappa shape index (κ3) is 2.65. The molecule has 0 radical (unpaired) electrons. The molecule has 0 saturated carbocycles. The van der Waals surface area contributed by atoms with Crippen LogP contribution in [0.15, 0.2) is 18.3 Å². The second-order valence-electron chi connectivity index (χ2n) is 3.10. The Kier molecular flexibility index (Phi) is 3.12. The first-order chi connectivity index (χ1) is 7.38. The first-order valence-electron chi connectivity index (χ1n) is 4.57. The molecule has 0 amide bonds. The molecule has 0 unspecified atom stereocenters. The van der Waals surface area contributed by atoms with Crippen molar-refractivity contribution in [3.8, 4) is 11.9 Å². The molecule has 1 aliphatic heterocycles. The number of aromatic nitrogens is 1. The zero-order chi connectivity index (χ0) is 10.5. The van der Waals surface area contributed by atoms with Crippen LogP contribution in [0.4, 0.5) is 0 Å². The highest BCUT2D eigenvalue weighted by Gasteiger charge is 2.16. The predicted octanol–water partition coefficient (Wildman–Crippen LogP) is 0.705. The van der Waals surface area contributed by atoms with Crippen LogP contribution in [0, 0.1) is 11.3 Å². The van der Waals surface area contributed by atoms with E-state index in [1.54, 1.807) is 12.1 Å². The van der Waals surface area contributed by atoms with Gasteiger partial charge in [-0.15, -0.1) is 0 Å². The summed E-state index contributed by atoms with van der Waals surface area (Å²) in [4.78, 5) is 3.99. The van der Waals surface area contributed by atoms with Gasteiger partial charge >= 0.3 is 0 Å². The molecule has 2 heterocycles. The third-order valence-electron chi connectivity index (χ3n) is 1.93. The van der Waals surface area contributed by atoms with Crippen molar-refractivity contribution < 1.29 is 14.2 Å². The van der Waals surface area contributed by atoms with Crippen LogP contribution in [0.5, 0.6) is 5.88 Å². The van der Waals surface area contributed by atoms with E-state index in [0.717, 1.165) is 0 Å². The Hall–Kier alpha value is -1.64. The van der Waals surface area contributed by atoms with E-state index in [1.165, 1.54) is 6.20 Å². The van der Waals surface area contributed by atoms with Gasteiger partial charge in [-0.25, -0.2) is 4.98 Å². The topological polar surface area (TPSA) is 64.4 Å². The molecule has 0 aliphatic carbocycles. The lowest BCUT2D eigenvalue weighted by atomic mass is 10.3. The lowest BCUT2D eigenvalue weighted by Gasteiger charge is -2.22. The van der Waals surface area contributed by atoms with Crippen molar-refractivity contribution >= 4 is 0 Å². The van der Waals surface area contributed by atoms with Gasteiger partial charge in [0.05, 0.1) is 18.8 Å². The summed E-state index contributed by atoms with van der Waals surface area (Å²) in [5, 5.41) is 8.58. The molecule has 1 aliphatic rings. The molecular weight excluding hydrogens is 196 g/mol. The van der Waals surface area contributed by atoms with Gasteiger partial charge in [0.25, 0.3) is 0 Å². The molecule has 15 heavy (non-hydrogen) atoms. The fourth-order valence-electron chi connectivity index (χ4n) is 1.22. The fraction of sp³-hybridized carbons (Fsp3) is 0.400. The largest absolute Gasteiger partial charge is 0.469 e. The molecule has 1 fully saturated rings. The van der Waals surface area contributed by atoms with Crippen molar-refractivity contribution in [2.75, 3.05) is 20.0 Å². The SMILES string of the molecule is N#Cc1ccc(OC2COCOC2)nc1. The molecule has 0 N–H and O–H groups in total. The molecule has 0 spiro atoms. The van der Waals surface area contributed by atoms with Gasteiger partial charge in [-0.3, -0.25) is 0 Å². The Morgan fingerprint density at radius 3 is 2.80 bits per heavy atom. The van der Waals surface area contributed by atoms with Crippen molar-refractivity contribution in [3.63, 3.8) is 0 Å². The molecule has 5 nitrogen and oxygen atoms in total. The van der Waals surface area contributed by atoms with Crippen LogP contribution in [-0.2, 0) is 9.47 Å². The number of nitriles is 1. The minimum absolute atomic E-state index is 0.126. The second kappa shape index (κ2) is 4.73. The third-order valence-corrected chi connectivity index (χ3v) is 1.93. The Labute approximate surface area is 87.2 Å². The highest BCUT2D eigenvalue weighted by atomic mass is 16.7. The van der Waals surface area contributed by atoms with Crippen molar-refractivity contribution in [1.29, 1.82) is 5.26 Å². The summed E-state index contributed by atoms with van der Waals surface area (Å²) in [6, 6.07) is 5.31. The van der Waals surface area contributed by atoms with Crippen LogP contribution in [-0.4, -0.2) is 31.1 Å². The second-order valence-corrected chi connectivity index (χ2v) is 3.10. The number of ether oxygens (including phenoxy) is 3. The monoisotopic (exact) mass is 206 g/mol. The number of hydrogen-bond acceptors (Lipinski definition) is 5. The minimum atomic E-state index is -0.126. The van der Waals surface area contributed by atoms with E-state index in [0.29, 0.717) is 31.5 Å². The van der Waals surface area contributed by atoms with Gasteiger partial charge in [0.1, 0.15) is 19.0 Å².